The molecule has 1 aliphatic heterocycles. The number of hydrogen-bond acceptors (Lipinski definition) is 4. The van der Waals surface area contributed by atoms with E-state index in [0.29, 0.717) is 6.54 Å². The molecule has 1 aliphatic rings. The Hall–Kier alpha value is -2.12. The van der Waals surface area contributed by atoms with E-state index in [9.17, 15) is 4.79 Å². The highest BCUT2D eigenvalue weighted by Crippen LogP contribution is 2.15. The van der Waals surface area contributed by atoms with Crippen LogP contribution in [0.25, 0.3) is 0 Å². The largest absolute Gasteiger partial charge is 0.379 e. The molecular weight excluding hydrogens is 342 g/mol. The fourth-order valence-corrected chi connectivity index (χ4v) is 3.04. The van der Waals surface area contributed by atoms with E-state index in [1.54, 1.807) is 0 Å². The van der Waals surface area contributed by atoms with Crippen molar-refractivity contribution in [1.29, 1.82) is 0 Å². The van der Waals surface area contributed by atoms with Gasteiger partial charge >= 0.3 is 0 Å². The van der Waals surface area contributed by atoms with Crippen molar-refractivity contribution in [2.75, 3.05) is 44.7 Å². The van der Waals surface area contributed by atoms with Crippen LogP contribution in [0, 0.1) is 0 Å². The van der Waals surface area contributed by atoms with Crippen molar-refractivity contribution in [3.05, 3.63) is 29.8 Å². The minimum Gasteiger partial charge on any atom is -0.379 e. The van der Waals surface area contributed by atoms with E-state index < -0.39 is 0 Å². The van der Waals surface area contributed by atoms with Crippen molar-refractivity contribution in [2.45, 2.75) is 39.8 Å². The van der Waals surface area contributed by atoms with Gasteiger partial charge in [0.25, 0.3) is 0 Å². The highest BCUT2D eigenvalue weighted by molar-refractivity contribution is 5.88. The average molecular weight is 376 g/mol. The van der Waals surface area contributed by atoms with Crippen LogP contribution in [-0.2, 0) is 16.1 Å². The van der Waals surface area contributed by atoms with Crippen molar-refractivity contribution < 1.29 is 9.53 Å². The fourth-order valence-electron chi connectivity index (χ4n) is 3.04. The highest BCUT2D eigenvalue weighted by atomic mass is 16.5. The number of ether oxygens (including phenoxy) is 1. The monoisotopic (exact) mass is 375 g/mol. The number of nitrogens with one attached hydrogen (secondary N) is 3. The van der Waals surface area contributed by atoms with Crippen LogP contribution < -0.4 is 16.0 Å². The molecule has 150 valence electrons. The number of nitrogens with zero attached hydrogens (tertiary/aromatic N) is 2. The third-order valence-corrected chi connectivity index (χ3v) is 4.57. The van der Waals surface area contributed by atoms with E-state index in [1.165, 1.54) is 6.92 Å². The molecule has 0 unspecified atom stereocenters. The van der Waals surface area contributed by atoms with E-state index in [0.717, 1.165) is 56.6 Å². The predicted molar refractivity (Wildman–Crippen MR) is 110 cm³/mol. The number of carbonyl (C=O) groups excluding carboxylic acids is 1. The molecule has 0 atom stereocenters. The number of hydrogen-bond donors (Lipinski definition) is 3. The Morgan fingerprint density at radius 3 is 2.67 bits per heavy atom. The molecule has 1 aromatic rings. The maximum absolute atomic E-state index is 11.2. The second-order valence-corrected chi connectivity index (χ2v) is 7.34. The smallest absolute Gasteiger partial charge is 0.221 e. The molecule has 0 radical (unpaired) electrons. The number of benzene rings is 1. The summed E-state index contributed by atoms with van der Waals surface area (Å²) in [4.78, 5) is 18.4. The Bertz CT molecular complexity index is 639. The number of carbonyl (C=O) groups is 1. The van der Waals surface area contributed by atoms with E-state index in [-0.39, 0.29) is 11.4 Å². The van der Waals surface area contributed by atoms with Crippen LogP contribution in [0.3, 0.4) is 0 Å². The summed E-state index contributed by atoms with van der Waals surface area (Å²) in [5.41, 5.74) is 1.86. The van der Waals surface area contributed by atoms with Crippen molar-refractivity contribution >= 4 is 17.6 Å². The van der Waals surface area contributed by atoms with Crippen LogP contribution in [-0.4, -0.2) is 61.7 Å². The summed E-state index contributed by atoms with van der Waals surface area (Å²) in [7, 11) is 0. The molecule has 0 aromatic heterocycles. The highest BCUT2D eigenvalue weighted by Gasteiger charge is 2.28. The van der Waals surface area contributed by atoms with E-state index in [4.69, 9.17) is 9.73 Å². The fraction of sp³-hybridized carbons (Fsp3) is 0.600. The summed E-state index contributed by atoms with van der Waals surface area (Å²) in [5, 5.41) is 9.57. The second-order valence-electron chi connectivity index (χ2n) is 7.34. The van der Waals surface area contributed by atoms with Gasteiger partial charge in [-0.3, -0.25) is 9.69 Å². The SMILES string of the molecule is CCNC(=NCc1cccc(NC(C)=O)c1)NCC(C)(C)N1CCOCC1. The third-order valence-electron chi connectivity index (χ3n) is 4.57. The lowest BCUT2D eigenvalue weighted by molar-refractivity contribution is -0.114. The number of anilines is 1. The first-order valence-electron chi connectivity index (χ1n) is 9.62. The van der Waals surface area contributed by atoms with E-state index in [1.807, 2.05) is 24.3 Å². The zero-order chi connectivity index (χ0) is 19.7. The number of amides is 1. The first kappa shape index (κ1) is 21.2. The first-order valence-corrected chi connectivity index (χ1v) is 9.62. The Balaban J connectivity index is 1.96. The summed E-state index contributed by atoms with van der Waals surface area (Å²) in [6.45, 7) is 13.7. The molecule has 1 heterocycles. The Kier molecular flexibility index (Phi) is 8.06. The third kappa shape index (κ3) is 7.19. The molecule has 2 rings (SSSR count). The average Bonchev–Trinajstić information content (AvgIpc) is 2.64. The number of aliphatic imine (C=N–C) groups is 1. The van der Waals surface area contributed by atoms with Crippen molar-refractivity contribution in [1.82, 2.24) is 15.5 Å². The van der Waals surface area contributed by atoms with Crippen LogP contribution in [0.2, 0.25) is 0 Å². The summed E-state index contributed by atoms with van der Waals surface area (Å²) >= 11 is 0. The molecule has 7 nitrogen and oxygen atoms in total. The number of rotatable bonds is 7. The maximum Gasteiger partial charge on any atom is 0.221 e. The molecule has 1 aromatic carbocycles. The second kappa shape index (κ2) is 10.3. The Labute approximate surface area is 162 Å². The number of morpholine rings is 1. The van der Waals surface area contributed by atoms with E-state index >= 15 is 0 Å². The first-order chi connectivity index (χ1) is 12.9. The van der Waals surface area contributed by atoms with Gasteiger partial charge in [0.1, 0.15) is 0 Å². The molecule has 7 heteroatoms. The van der Waals surface area contributed by atoms with Crippen molar-refractivity contribution in [3.8, 4) is 0 Å². The summed E-state index contributed by atoms with van der Waals surface area (Å²) < 4.78 is 5.46. The molecule has 3 N–H and O–H groups in total. The van der Waals surface area contributed by atoms with Gasteiger partial charge in [-0.1, -0.05) is 12.1 Å². The topological polar surface area (TPSA) is 78.0 Å². The zero-order valence-electron chi connectivity index (χ0n) is 17.0. The van der Waals surface area contributed by atoms with Gasteiger partial charge in [0.15, 0.2) is 5.96 Å². The molecule has 1 fully saturated rings. The molecule has 1 amide bonds. The van der Waals surface area contributed by atoms with Gasteiger partial charge in [-0.2, -0.15) is 0 Å². The molecule has 0 saturated carbocycles. The van der Waals surface area contributed by atoms with Crippen LogP contribution in [0.5, 0.6) is 0 Å². The van der Waals surface area contributed by atoms with Crippen LogP contribution in [0.15, 0.2) is 29.3 Å². The summed E-state index contributed by atoms with van der Waals surface area (Å²) in [6.07, 6.45) is 0. The predicted octanol–water partition coefficient (Wildman–Crippen LogP) is 1.81. The van der Waals surface area contributed by atoms with Gasteiger partial charge in [0, 0.05) is 44.3 Å². The normalized spacial score (nSPS) is 16.1. The zero-order valence-corrected chi connectivity index (χ0v) is 17.0. The van der Waals surface area contributed by atoms with Gasteiger partial charge in [-0.15, -0.1) is 0 Å². The van der Waals surface area contributed by atoms with Gasteiger partial charge in [-0.25, -0.2) is 4.99 Å². The summed E-state index contributed by atoms with van der Waals surface area (Å²) in [5.74, 6) is 0.722. The minimum absolute atomic E-state index is 0.0191. The maximum atomic E-state index is 11.2. The number of guanidine groups is 1. The molecule has 1 saturated heterocycles. The molecular formula is C20H33N5O2. The lowest BCUT2D eigenvalue weighted by Gasteiger charge is -2.41. The van der Waals surface area contributed by atoms with Crippen molar-refractivity contribution in [3.63, 3.8) is 0 Å². The summed E-state index contributed by atoms with van der Waals surface area (Å²) in [6, 6.07) is 7.77. The molecule has 0 aliphatic carbocycles. The van der Waals surface area contributed by atoms with Crippen molar-refractivity contribution in [2.24, 2.45) is 4.99 Å². The molecule has 27 heavy (non-hydrogen) atoms. The quantitative estimate of drug-likeness (QED) is 0.500. The van der Waals surface area contributed by atoms with Gasteiger partial charge in [0.05, 0.1) is 19.8 Å². The molecule has 0 spiro atoms. The van der Waals surface area contributed by atoms with Gasteiger partial charge in [0.2, 0.25) is 5.91 Å². The van der Waals surface area contributed by atoms with Gasteiger partial charge < -0.3 is 20.7 Å². The molecule has 0 bridgehead atoms. The lowest BCUT2D eigenvalue weighted by Crippen LogP contribution is -2.56. The van der Waals surface area contributed by atoms with Gasteiger partial charge in [-0.05, 0) is 38.5 Å². The van der Waals surface area contributed by atoms with Crippen LogP contribution in [0.1, 0.15) is 33.3 Å². The van der Waals surface area contributed by atoms with Crippen LogP contribution >= 0.6 is 0 Å². The lowest BCUT2D eigenvalue weighted by atomic mass is 10.0. The van der Waals surface area contributed by atoms with Crippen LogP contribution in [0.4, 0.5) is 5.69 Å². The minimum atomic E-state index is -0.0731. The van der Waals surface area contributed by atoms with E-state index in [2.05, 4.69) is 41.6 Å². The Morgan fingerprint density at radius 2 is 2.00 bits per heavy atom. The standard InChI is InChI=1S/C20H33N5O2/c1-5-21-19(23-15-20(3,4)25-9-11-27-12-10-25)22-14-17-7-6-8-18(13-17)24-16(2)26/h6-8,13H,5,9-12,14-15H2,1-4H3,(H,24,26)(H2,21,22,23). The Morgan fingerprint density at radius 1 is 1.26 bits per heavy atom.